The van der Waals surface area contributed by atoms with Crippen LogP contribution in [0.25, 0.3) is 0 Å². The number of amides is 3. The molecular weight excluding hydrogens is 282 g/mol. The first-order valence-corrected chi connectivity index (χ1v) is 7.71. The van der Waals surface area contributed by atoms with Crippen molar-refractivity contribution in [1.29, 1.82) is 0 Å². The fourth-order valence-corrected chi connectivity index (χ4v) is 2.74. The molecule has 0 saturated heterocycles. The lowest BCUT2D eigenvalue weighted by Crippen LogP contribution is -2.43. The van der Waals surface area contributed by atoms with Gasteiger partial charge in [0, 0.05) is 11.6 Å². The molecule has 2 rings (SSSR count). The summed E-state index contributed by atoms with van der Waals surface area (Å²) in [7, 11) is 0. The molecule has 22 heavy (non-hydrogen) atoms. The van der Waals surface area contributed by atoms with Crippen LogP contribution in [0.1, 0.15) is 61.0 Å². The third-order valence-electron chi connectivity index (χ3n) is 4.06. The Hall–Kier alpha value is -2.08. The van der Waals surface area contributed by atoms with Crippen molar-refractivity contribution >= 4 is 11.9 Å². The highest BCUT2D eigenvalue weighted by molar-refractivity contribution is 5.93. The maximum absolute atomic E-state index is 12.0. The van der Waals surface area contributed by atoms with E-state index in [1.165, 1.54) is 19.3 Å². The molecule has 120 valence electrons. The lowest BCUT2D eigenvalue weighted by atomic mass is 9.96. The van der Waals surface area contributed by atoms with Crippen LogP contribution in [0, 0.1) is 0 Å². The van der Waals surface area contributed by atoms with E-state index in [2.05, 4.69) is 10.6 Å². The van der Waals surface area contributed by atoms with Crippen molar-refractivity contribution in [2.24, 2.45) is 0 Å². The highest BCUT2D eigenvalue weighted by Gasteiger charge is 2.17. The second kappa shape index (κ2) is 7.79. The number of rotatable bonds is 4. The predicted octanol–water partition coefficient (Wildman–Crippen LogP) is 2.50. The Kier molecular flexibility index (Phi) is 5.77. The molecule has 0 heterocycles. The van der Waals surface area contributed by atoms with Gasteiger partial charge in [0.05, 0.1) is 6.04 Å². The van der Waals surface area contributed by atoms with Gasteiger partial charge in [-0.25, -0.2) is 10.3 Å². The molecule has 1 saturated carbocycles. The van der Waals surface area contributed by atoms with Crippen molar-refractivity contribution in [1.82, 2.24) is 16.1 Å². The minimum absolute atomic E-state index is 0.156. The van der Waals surface area contributed by atoms with E-state index in [0.29, 0.717) is 5.56 Å². The molecule has 0 radical (unpaired) electrons. The topological polar surface area (TPSA) is 90.5 Å². The third kappa shape index (κ3) is 4.46. The summed E-state index contributed by atoms with van der Waals surface area (Å²) < 4.78 is 0. The summed E-state index contributed by atoms with van der Waals surface area (Å²) >= 11 is 0. The highest BCUT2D eigenvalue weighted by atomic mass is 16.5. The van der Waals surface area contributed by atoms with Crippen LogP contribution in [-0.4, -0.2) is 23.2 Å². The van der Waals surface area contributed by atoms with Crippen molar-refractivity contribution < 1.29 is 14.8 Å². The summed E-state index contributed by atoms with van der Waals surface area (Å²) in [6.45, 7) is 1.89. The van der Waals surface area contributed by atoms with Gasteiger partial charge in [0.1, 0.15) is 0 Å². The Balaban J connectivity index is 1.86. The largest absolute Gasteiger partial charge is 0.335 e. The van der Waals surface area contributed by atoms with Gasteiger partial charge in [0.15, 0.2) is 0 Å². The summed E-state index contributed by atoms with van der Waals surface area (Å²) in [5.74, 6) is -0.554. The van der Waals surface area contributed by atoms with Crippen LogP contribution in [0.4, 0.5) is 4.79 Å². The van der Waals surface area contributed by atoms with Crippen LogP contribution in [-0.2, 0) is 0 Å². The van der Waals surface area contributed by atoms with Gasteiger partial charge in [-0.15, -0.1) is 0 Å². The van der Waals surface area contributed by atoms with Crippen molar-refractivity contribution in [3.05, 3.63) is 35.4 Å². The Labute approximate surface area is 130 Å². The van der Waals surface area contributed by atoms with Gasteiger partial charge < -0.3 is 10.6 Å². The standard InChI is InChI=1S/C16H23N3O3/c1-11(12-7-9-13(10-8-12)15(20)19-22)17-16(21)18-14-5-3-2-4-6-14/h7-11,14,22H,2-6H2,1H3,(H,19,20)(H2,17,18,21). The molecule has 6 nitrogen and oxygen atoms in total. The quantitative estimate of drug-likeness (QED) is 0.509. The normalized spacial score (nSPS) is 16.6. The molecule has 1 aromatic carbocycles. The average Bonchev–Trinajstić information content (AvgIpc) is 2.55. The monoisotopic (exact) mass is 305 g/mol. The number of benzene rings is 1. The molecule has 3 amide bonds. The number of hydrogen-bond acceptors (Lipinski definition) is 3. The molecule has 1 aliphatic rings. The number of hydrogen-bond donors (Lipinski definition) is 4. The Bertz CT molecular complexity index is 510. The van der Waals surface area contributed by atoms with Crippen molar-refractivity contribution in [3.63, 3.8) is 0 Å². The van der Waals surface area contributed by atoms with Gasteiger partial charge in [-0.1, -0.05) is 31.4 Å². The molecule has 1 aromatic rings. The minimum atomic E-state index is -0.554. The van der Waals surface area contributed by atoms with E-state index < -0.39 is 5.91 Å². The summed E-state index contributed by atoms with van der Waals surface area (Å²) in [6.07, 6.45) is 5.70. The number of carbonyl (C=O) groups excluding carboxylic acids is 2. The fraction of sp³-hybridized carbons (Fsp3) is 0.500. The van der Waals surface area contributed by atoms with Gasteiger partial charge >= 0.3 is 6.03 Å². The van der Waals surface area contributed by atoms with Gasteiger partial charge in [-0.3, -0.25) is 10.0 Å². The number of nitrogens with one attached hydrogen (secondary N) is 3. The molecule has 0 spiro atoms. The molecule has 1 fully saturated rings. The van der Waals surface area contributed by atoms with Crippen molar-refractivity contribution in [2.75, 3.05) is 0 Å². The molecule has 1 atom stereocenters. The Morgan fingerprint density at radius 2 is 1.77 bits per heavy atom. The van der Waals surface area contributed by atoms with Gasteiger partial charge in [-0.05, 0) is 37.5 Å². The maximum Gasteiger partial charge on any atom is 0.315 e. The summed E-state index contributed by atoms with van der Waals surface area (Å²) in [4.78, 5) is 23.2. The average molecular weight is 305 g/mol. The number of carbonyl (C=O) groups is 2. The SMILES string of the molecule is CC(NC(=O)NC1CCCCC1)c1ccc(C(=O)NO)cc1. The van der Waals surface area contributed by atoms with Gasteiger partial charge in [-0.2, -0.15) is 0 Å². The van der Waals surface area contributed by atoms with Gasteiger partial charge in [0.2, 0.25) is 0 Å². The highest BCUT2D eigenvalue weighted by Crippen LogP contribution is 2.18. The van der Waals surface area contributed by atoms with E-state index in [4.69, 9.17) is 5.21 Å². The van der Waals surface area contributed by atoms with E-state index in [0.717, 1.165) is 18.4 Å². The molecule has 4 N–H and O–H groups in total. The Morgan fingerprint density at radius 3 is 2.36 bits per heavy atom. The fourth-order valence-electron chi connectivity index (χ4n) is 2.74. The van der Waals surface area contributed by atoms with Crippen molar-refractivity contribution in [2.45, 2.75) is 51.1 Å². The van der Waals surface area contributed by atoms with E-state index >= 15 is 0 Å². The van der Waals surface area contributed by atoms with E-state index in [-0.39, 0.29) is 18.1 Å². The number of hydroxylamine groups is 1. The smallest absolute Gasteiger partial charge is 0.315 e. The van der Waals surface area contributed by atoms with Crippen LogP contribution in [0.3, 0.4) is 0 Å². The number of urea groups is 1. The summed E-state index contributed by atoms with van der Waals surface area (Å²) in [5.41, 5.74) is 2.85. The van der Waals surface area contributed by atoms with Crippen LogP contribution in [0.5, 0.6) is 0 Å². The third-order valence-corrected chi connectivity index (χ3v) is 4.06. The predicted molar refractivity (Wildman–Crippen MR) is 82.7 cm³/mol. The first kappa shape index (κ1) is 16.3. The Morgan fingerprint density at radius 1 is 1.14 bits per heavy atom. The first-order chi connectivity index (χ1) is 10.6. The first-order valence-electron chi connectivity index (χ1n) is 7.71. The molecular formula is C16H23N3O3. The maximum atomic E-state index is 12.0. The van der Waals surface area contributed by atoms with Crippen molar-refractivity contribution in [3.8, 4) is 0 Å². The van der Waals surface area contributed by atoms with E-state index in [1.54, 1.807) is 29.7 Å². The van der Waals surface area contributed by atoms with Crippen LogP contribution in [0.2, 0.25) is 0 Å². The minimum Gasteiger partial charge on any atom is -0.335 e. The van der Waals surface area contributed by atoms with Crippen LogP contribution < -0.4 is 16.1 Å². The molecule has 1 unspecified atom stereocenters. The van der Waals surface area contributed by atoms with E-state index in [9.17, 15) is 9.59 Å². The second-order valence-electron chi connectivity index (χ2n) is 5.74. The zero-order valence-electron chi connectivity index (χ0n) is 12.8. The lowest BCUT2D eigenvalue weighted by molar-refractivity contribution is 0.0706. The summed E-state index contributed by atoms with van der Waals surface area (Å²) in [6, 6.07) is 6.70. The molecule has 0 aliphatic heterocycles. The molecule has 6 heteroatoms. The lowest BCUT2D eigenvalue weighted by Gasteiger charge is -2.24. The zero-order valence-corrected chi connectivity index (χ0v) is 12.8. The second-order valence-corrected chi connectivity index (χ2v) is 5.74. The summed E-state index contributed by atoms with van der Waals surface area (Å²) in [5, 5.41) is 14.5. The van der Waals surface area contributed by atoms with Crippen LogP contribution >= 0.6 is 0 Å². The van der Waals surface area contributed by atoms with E-state index in [1.807, 2.05) is 6.92 Å². The molecule has 0 aromatic heterocycles. The zero-order chi connectivity index (χ0) is 15.9. The van der Waals surface area contributed by atoms with Gasteiger partial charge in [0.25, 0.3) is 5.91 Å². The molecule has 0 bridgehead atoms. The van der Waals surface area contributed by atoms with Crippen LogP contribution in [0.15, 0.2) is 24.3 Å². The molecule has 1 aliphatic carbocycles.